The third kappa shape index (κ3) is 2.97. The molecule has 0 radical (unpaired) electrons. The molecular weight excluding hydrogens is 352 g/mol. The van der Waals surface area contributed by atoms with Crippen molar-refractivity contribution in [1.82, 2.24) is 9.97 Å². The van der Waals surface area contributed by atoms with Gasteiger partial charge in [0.2, 0.25) is 0 Å². The summed E-state index contributed by atoms with van der Waals surface area (Å²) >= 11 is 4.93. The van der Waals surface area contributed by atoms with Crippen LogP contribution in [0.25, 0.3) is 10.3 Å². The highest BCUT2D eigenvalue weighted by Crippen LogP contribution is 2.40. The Hall–Kier alpha value is -1.01. The van der Waals surface area contributed by atoms with E-state index in [-0.39, 0.29) is 5.69 Å². The lowest BCUT2D eigenvalue weighted by molar-refractivity contribution is 0.0690. The van der Waals surface area contributed by atoms with Gasteiger partial charge in [0.25, 0.3) is 0 Å². The highest BCUT2D eigenvalue weighted by Gasteiger charge is 2.24. The van der Waals surface area contributed by atoms with E-state index in [0.717, 1.165) is 15.6 Å². The van der Waals surface area contributed by atoms with Gasteiger partial charge >= 0.3 is 5.97 Å². The lowest BCUT2D eigenvalue weighted by Gasteiger charge is -2.26. The summed E-state index contributed by atoms with van der Waals surface area (Å²) in [5.41, 5.74) is 0.599. The maximum atomic E-state index is 11.1. The van der Waals surface area contributed by atoms with Crippen LogP contribution in [0.2, 0.25) is 0 Å². The van der Waals surface area contributed by atoms with Crippen molar-refractivity contribution >= 4 is 43.6 Å². The Bertz CT molecular complexity index is 678. The molecule has 0 amide bonds. The van der Waals surface area contributed by atoms with Crippen molar-refractivity contribution in [2.75, 3.05) is 0 Å². The molecule has 1 N–H and O–H groups in total. The van der Waals surface area contributed by atoms with Gasteiger partial charge in [0, 0.05) is 5.92 Å². The average molecular weight is 369 g/mol. The van der Waals surface area contributed by atoms with Crippen LogP contribution in [-0.2, 0) is 0 Å². The molecule has 1 fully saturated rings. The number of halogens is 1. The summed E-state index contributed by atoms with van der Waals surface area (Å²) in [6, 6.07) is 1.82. The van der Waals surface area contributed by atoms with E-state index in [1.54, 1.807) is 11.3 Å². The Kier molecular flexibility index (Phi) is 4.26. The number of aromatic nitrogens is 2. The lowest BCUT2D eigenvalue weighted by Crippen LogP contribution is -2.12. The highest BCUT2D eigenvalue weighted by molar-refractivity contribution is 9.10. The summed E-state index contributed by atoms with van der Waals surface area (Å²) in [7, 11) is 0. The number of thiazole rings is 1. The molecule has 2 aromatic rings. The second-order valence-corrected chi connectivity index (χ2v) is 7.54. The number of aromatic carboxylic acids is 1. The number of hydrogen-bond donors (Lipinski definition) is 1. The Balaban J connectivity index is 1.89. The van der Waals surface area contributed by atoms with E-state index < -0.39 is 5.97 Å². The lowest BCUT2D eigenvalue weighted by atomic mass is 9.81. The Morgan fingerprint density at radius 3 is 2.71 bits per heavy atom. The molecule has 2 heterocycles. The van der Waals surface area contributed by atoms with Crippen LogP contribution in [-0.4, -0.2) is 21.0 Å². The molecule has 1 saturated carbocycles. The number of fused-ring (bicyclic) bond motifs is 1. The van der Waals surface area contributed by atoms with Gasteiger partial charge in [-0.25, -0.2) is 14.8 Å². The molecule has 0 aromatic carbocycles. The highest BCUT2D eigenvalue weighted by atomic mass is 79.9. The van der Waals surface area contributed by atoms with Crippen LogP contribution in [0.3, 0.4) is 0 Å². The number of nitrogens with zero attached hydrogens (tertiary/aromatic N) is 2. The number of hydrogen-bond acceptors (Lipinski definition) is 4. The second-order valence-electron chi connectivity index (χ2n) is 5.62. The van der Waals surface area contributed by atoms with Gasteiger partial charge in [-0.2, -0.15) is 0 Å². The molecule has 0 spiro atoms. The third-order valence-electron chi connectivity index (χ3n) is 4.33. The summed E-state index contributed by atoms with van der Waals surface area (Å²) in [5.74, 6) is 0.349. The van der Waals surface area contributed by atoms with Gasteiger partial charge in [-0.1, -0.05) is 13.3 Å². The van der Waals surface area contributed by atoms with E-state index in [4.69, 9.17) is 5.11 Å². The molecule has 1 aliphatic rings. The molecule has 4 nitrogen and oxygen atoms in total. The van der Waals surface area contributed by atoms with E-state index in [9.17, 15) is 4.79 Å². The van der Waals surface area contributed by atoms with Crippen LogP contribution in [0.5, 0.6) is 0 Å². The first-order valence-electron chi connectivity index (χ1n) is 7.28. The SMILES string of the molecule is CC[C@H]1CC[C@H](c2nc3nc(C(=O)O)c(Br)cc3s2)CC1. The van der Waals surface area contributed by atoms with Gasteiger partial charge in [-0.3, -0.25) is 0 Å². The largest absolute Gasteiger partial charge is 0.476 e. The van der Waals surface area contributed by atoms with Crippen molar-refractivity contribution in [2.24, 2.45) is 5.92 Å². The van der Waals surface area contributed by atoms with E-state index in [0.29, 0.717) is 16.0 Å². The molecule has 0 bridgehead atoms. The van der Waals surface area contributed by atoms with Crippen molar-refractivity contribution in [3.63, 3.8) is 0 Å². The smallest absolute Gasteiger partial charge is 0.355 e. The fourth-order valence-electron chi connectivity index (χ4n) is 3.00. The van der Waals surface area contributed by atoms with Gasteiger partial charge < -0.3 is 5.11 Å². The zero-order valence-electron chi connectivity index (χ0n) is 11.8. The number of rotatable bonds is 3. The minimum absolute atomic E-state index is 0.0361. The molecule has 0 atom stereocenters. The standard InChI is InChI=1S/C15H17BrN2O2S/c1-2-8-3-5-9(6-4-8)14-18-13-11(21-14)7-10(16)12(17-13)15(19)20/h7-9H,2-6H2,1H3,(H,19,20)/t8-,9-. The Labute approximate surface area is 135 Å². The van der Waals surface area contributed by atoms with E-state index >= 15 is 0 Å². The quantitative estimate of drug-likeness (QED) is 0.841. The van der Waals surface area contributed by atoms with Gasteiger partial charge in [-0.15, -0.1) is 11.3 Å². The summed E-state index contributed by atoms with van der Waals surface area (Å²) in [6.45, 7) is 2.26. The molecule has 112 valence electrons. The Morgan fingerprint density at radius 2 is 2.10 bits per heavy atom. The summed E-state index contributed by atoms with van der Waals surface area (Å²) < 4.78 is 1.48. The second kappa shape index (κ2) is 6.01. The molecular formula is C15H17BrN2O2S. The number of carbonyl (C=O) groups is 1. The predicted octanol–water partition coefficient (Wildman–Crippen LogP) is 4.84. The topological polar surface area (TPSA) is 63.1 Å². The zero-order chi connectivity index (χ0) is 15.0. The molecule has 0 aliphatic heterocycles. The van der Waals surface area contributed by atoms with Crippen LogP contribution < -0.4 is 0 Å². The van der Waals surface area contributed by atoms with Crippen molar-refractivity contribution in [1.29, 1.82) is 0 Å². The van der Waals surface area contributed by atoms with Crippen molar-refractivity contribution in [3.05, 3.63) is 21.2 Å². The first kappa shape index (κ1) is 14.9. The monoisotopic (exact) mass is 368 g/mol. The minimum Gasteiger partial charge on any atom is -0.476 e. The Morgan fingerprint density at radius 1 is 1.38 bits per heavy atom. The predicted molar refractivity (Wildman–Crippen MR) is 87.1 cm³/mol. The molecule has 0 saturated heterocycles. The van der Waals surface area contributed by atoms with Crippen LogP contribution in [0.1, 0.15) is 60.4 Å². The maximum Gasteiger partial charge on any atom is 0.355 e. The molecule has 1 aliphatic carbocycles. The number of pyridine rings is 1. The average Bonchev–Trinajstić information content (AvgIpc) is 2.89. The fraction of sp³-hybridized carbons (Fsp3) is 0.533. The van der Waals surface area contributed by atoms with E-state index in [1.807, 2.05) is 6.07 Å². The number of carboxylic acid groups (broad SMARTS) is 1. The third-order valence-corrected chi connectivity index (χ3v) is 6.09. The van der Waals surface area contributed by atoms with Gasteiger partial charge in [-0.05, 0) is 53.6 Å². The van der Waals surface area contributed by atoms with Crippen molar-refractivity contribution in [2.45, 2.75) is 44.9 Å². The van der Waals surface area contributed by atoms with Crippen LogP contribution in [0.15, 0.2) is 10.5 Å². The molecule has 0 unspecified atom stereocenters. The van der Waals surface area contributed by atoms with Gasteiger partial charge in [0.1, 0.15) is 0 Å². The summed E-state index contributed by atoms with van der Waals surface area (Å²) in [4.78, 5) is 19.9. The van der Waals surface area contributed by atoms with Gasteiger partial charge in [0.05, 0.1) is 14.2 Å². The van der Waals surface area contributed by atoms with Gasteiger partial charge in [0.15, 0.2) is 11.3 Å². The zero-order valence-corrected chi connectivity index (χ0v) is 14.2. The van der Waals surface area contributed by atoms with E-state index in [2.05, 4.69) is 32.8 Å². The maximum absolute atomic E-state index is 11.1. The van der Waals surface area contributed by atoms with Crippen LogP contribution in [0, 0.1) is 5.92 Å². The first-order valence-corrected chi connectivity index (χ1v) is 8.89. The van der Waals surface area contributed by atoms with E-state index in [1.165, 1.54) is 32.1 Å². The van der Waals surface area contributed by atoms with Crippen molar-refractivity contribution < 1.29 is 9.90 Å². The summed E-state index contributed by atoms with van der Waals surface area (Å²) in [5, 5.41) is 10.2. The van der Waals surface area contributed by atoms with Crippen LogP contribution >= 0.6 is 27.3 Å². The molecule has 21 heavy (non-hydrogen) atoms. The fourth-order valence-corrected chi connectivity index (χ4v) is 4.76. The summed E-state index contributed by atoms with van der Waals surface area (Å²) in [6.07, 6.45) is 6.18. The molecule has 3 rings (SSSR count). The minimum atomic E-state index is -1.03. The molecule has 6 heteroatoms. The van der Waals surface area contributed by atoms with Crippen molar-refractivity contribution in [3.8, 4) is 0 Å². The first-order chi connectivity index (χ1) is 10.1. The normalized spacial score (nSPS) is 22.6. The number of carboxylic acids is 1. The van der Waals surface area contributed by atoms with Crippen LogP contribution in [0.4, 0.5) is 0 Å². The molecule has 2 aromatic heterocycles.